The van der Waals surface area contributed by atoms with Gasteiger partial charge in [0.15, 0.2) is 5.52 Å². The van der Waals surface area contributed by atoms with Crippen molar-refractivity contribution in [3.8, 4) is 0 Å². The van der Waals surface area contributed by atoms with E-state index in [0.29, 0.717) is 5.52 Å². The summed E-state index contributed by atoms with van der Waals surface area (Å²) in [6, 6.07) is 7.81. The standard InChI is InChI=1S/C13H12N4O3S/c1-9(10-5-7-14-8-6-10)17-21(18,19)12-4-2-3-11-13(12)16-20-15-11/h2-9,17H,1H3. The van der Waals surface area contributed by atoms with Crippen LogP contribution in [0.2, 0.25) is 0 Å². The van der Waals surface area contributed by atoms with Crippen LogP contribution in [0.4, 0.5) is 0 Å². The van der Waals surface area contributed by atoms with Crippen LogP contribution in [-0.4, -0.2) is 23.7 Å². The molecule has 0 saturated heterocycles. The molecule has 2 heterocycles. The number of benzene rings is 1. The monoisotopic (exact) mass is 304 g/mol. The third-order valence-electron chi connectivity index (χ3n) is 3.08. The van der Waals surface area contributed by atoms with Crippen molar-refractivity contribution >= 4 is 21.1 Å². The third-order valence-corrected chi connectivity index (χ3v) is 4.65. The number of fused-ring (bicyclic) bond motifs is 1. The quantitative estimate of drug-likeness (QED) is 0.787. The molecular weight excluding hydrogens is 292 g/mol. The fourth-order valence-corrected chi connectivity index (χ4v) is 3.40. The molecule has 0 aliphatic rings. The summed E-state index contributed by atoms with van der Waals surface area (Å²) in [5, 5.41) is 7.29. The highest BCUT2D eigenvalue weighted by Crippen LogP contribution is 2.22. The molecule has 1 aromatic carbocycles. The highest BCUT2D eigenvalue weighted by molar-refractivity contribution is 7.89. The van der Waals surface area contributed by atoms with Crippen molar-refractivity contribution in [2.45, 2.75) is 17.9 Å². The molecule has 1 unspecified atom stereocenters. The van der Waals surface area contributed by atoms with Crippen LogP contribution in [0, 0.1) is 0 Å². The summed E-state index contributed by atoms with van der Waals surface area (Å²) in [7, 11) is -3.74. The number of rotatable bonds is 4. The van der Waals surface area contributed by atoms with Crippen LogP contribution in [0.15, 0.2) is 52.3 Å². The second-order valence-electron chi connectivity index (χ2n) is 4.51. The molecule has 0 radical (unpaired) electrons. The van der Waals surface area contributed by atoms with Crippen molar-refractivity contribution in [2.75, 3.05) is 0 Å². The first kappa shape index (κ1) is 13.7. The van der Waals surface area contributed by atoms with Gasteiger partial charge in [0, 0.05) is 18.4 Å². The lowest BCUT2D eigenvalue weighted by atomic mass is 10.1. The number of hydrogen-bond donors (Lipinski definition) is 1. The average Bonchev–Trinajstić information content (AvgIpc) is 2.95. The second-order valence-corrected chi connectivity index (χ2v) is 6.19. The van der Waals surface area contributed by atoms with Crippen LogP contribution >= 0.6 is 0 Å². The zero-order valence-corrected chi connectivity index (χ0v) is 11.9. The normalized spacial score (nSPS) is 13.4. The maximum Gasteiger partial charge on any atom is 0.243 e. The van der Waals surface area contributed by atoms with Gasteiger partial charge in [-0.15, -0.1) is 0 Å². The van der Waals surface area contributed by atoms with Crippen molar-refractivity contribution in [3.05, 3.63) is 48.3 Å². The molecule has 0 bridgehead atoms. The van der Waals surface area contributed by atoms with Crippen LogP contribution < -0.4 is 4.72 Å². The molecule has 3 rings (SSSR count). The molecular formula is C13H12N4O3S. The second kappa shape index (κ2) is 5.23. The smallest absolute Gasteiger partial charge is 0.243 e. The molecule has 0 fully saturated rings. The van der Waals surface area contributed by atoms with E-state index < -0.39 is 16.1 Å². The molecule has 108 valence electrons. The van der Waals surface area contributed by atoms with E-state index in [1.54, 1.807) is 43.6 Å². The van der Waals surface area contributed by atoms with Gasteiger partial charge in [-0.05, 0) is 47.1 Å². The highest BCUT2D eigenvalue weighted by atomic mass is 32.2. The lowest BCUT2D eigenvalue weighted by Gasteiger charge is -2.14. The summed E-state index contributed by atoms with van der Waals surface area (Å²) in [6.45, 7) is 1.76. The Balaban J connectivity index is 1.96. The molecule has 3 aromatic rings. The predicted octanol–water partition coefficient (Wildman–Crippen LogP) is 1.66. The fraction of sp³-hybridized carbons (Fsp3) is 0.154. The first-order valence-electron chi connectivity index (χ1n) is 6.21. The summed E-state index contributed by atoms with van der Waals surface area (Å²) >= 11 is 0. The molecule has 0 spiro atoms. The summed E-state index contributed by atoms with van der Waals surface area (Å²) in [6.07, 6.45) is 3.23. The summed E-state index contributed by atoms with van der Waals surface area (Å²) in [5.41, 5.74) is 1.43. The first-order valence-corrected chi connectivity index (χ1v) is 7.70. The highest BCUT2D eigenvalue weighted by Gasteiger charge is 2.22. The van der Waals surface area contributed by atoms with E-state index in [1.807, 2.05) is 0 Å². The van der Waals surface area contributed by atoms with Crippen molar-refractivity contribution in [1.82, 2.24) is 20.0 Å². The molecule has 8 heteroatoms. The van der Waals surface area contributed by atoms with E-state index >= 15 is 0 Å². The van der Waals surface area contributed by atoms with Gasteiger partial charge < -0.3 is 0 Å². The van der Waals surface area contributed by atoms with E-state index in [-0.39, 0.29) is 10.4 Å². The Morgan fingerprint density at radius 1 is 1.14 bits per heavy atom. The van der Waals surface area contributed by atoms with Gasteiger partial charge in [-0.2, -0.15) is 0 Å². The molecule has 1 atom stereocenters. The zero-order chi connectivity index (χ0) is 14.9. The fourth-order valence-electron chi connectivity index (χ4n) is 2.01. The number of pyridine rings is 1. The van der Waals surface area contributed by atoms with E-state index in [0.717, 1.165) is 5.56 Å². The van der Waals surface area contributed by atoms with Gasteiger partial charge in [-0.25, -0.2) is 17.8 Å². The minimum atomic E-state index is -3.74. The number of hydrogen-bond acceptors (Lipinski definition) is 6. The summed E-state index contributed by atoms with van der Waals surface area (Å²) in [5.74, 6) is 0. The van der Waals surface area contributed by atoms with Gasteiger partial charge in [0.2, 0.25) is 10.0 Å². The minimum Gasteiger partial charge on any atom is -0.265 e. The zero-order valence-electron chi connectivity index (χ0n) is 11.1. The molecule has 7 nitrogen and oxygen atoms in total. The Labute approximate surface area is 121 Å². The van der Waals surface area contributed by atoms with Gasteiger partial charge >= 0.3 is 0 Å². The van der Waals surface area contributed by atoms with E-state index in [2.05, 4.69) is 24.6 Å². The molecule has 21 heavy (non-hydrogen) atoms. The number of nitrogens with zero attached hydrogens (tertiary/aromatic N) is 3. The van der Waals surface area contributed by atoms with E-state index in [9.17, 15) is 8.42 Å². The minimum absolute atomic E-state index is 0.0437. The Bertz CT molecular complexity index is 861. The molecule has 0 aliphatic carbocycles. The van der Waals surface area contributed by atoms with Crippen molar-refractivity contribution in [2.24, 2.45) is 0 Å². The van der Waals surface area contributed by atoms with Crippen LogP contribution in [-0.2, 0) is 10.0 Å². The molecule has 2 aromatic heterocycles. The Hall–Kier alpha value is -2.32. The number of aromatic nitrogens is 3. The van der Waals surface area contributed by atoms with Gasteiger partial charge in [0.25, 0.3) is 0 Å². The van der Waals surface area contributed by atoms with Crippen LogP contribution in [0.3, 0.4) is 0 Å². The van der Waals surface area contributed by atoms with Gasteiger partial charge in [-0.3, -0.25) is 4.98 Å². The molecule has 0 aliphatic heterocycles. The largest absolute Gasteiger partial charge is 0.265 e. The van der Waals surface area contributed by atoms with Crippen LogP contribution in [0.1, 0.15) is 18.5 Å². The van der Waals surface area contributed by atoms with Gasteiger partial charge in [-0.1, -0.05) is 6.07 Å². The topological polar surface area (TPSA) is 98.0 Å². The van der Waals surface area contributed by atoms with E-state index in [4.69, 9.17) is 0 Å². The van der Waals surface area contributed by atoms with Crippen LogP contribution in [0.25, 0.3) is 11.0 Å². The average molecular weight is 304 g/mol. The summed E-state index contributed by atoms with van der Waals surface area (Å²) in [4.78, 5) is 3.95. The SMILES string of the molecule is CC(NS(=O)(=O)c1cccc2nonc12)c1ccncc1. The Kier molecular flexibility index (Phi) is 3.40. The predicted molar refractivity (Wildman–Crippen MR) is 74.8 cm³/mol. The Morgan fingerprint density at radius 2 is 1.90 bits per heavy atom. The van der Waals surface area contributed by atoms with Crippen LogP contribution in [0.5, 0.6) is 0 Å². The molecule has 0 saturated carbocycles. The lowest BCUT2D eigenvalue weighted by Crippen LogP contribution is -2.27. The first-order chi connectivity index (χ1) is 10.1. The van der Waals surface area contributed by atoms with Crippen molar-refractivity contribution in [3.63, 3.8) is 0 Å². The van der Waals surface area contributed by atoms with Gasteiger partial charge in [0.05, 0.1) is 0 Å². The molecule has 1 N–H and O–H groups in total. The number of sulfonamides is 1. The maximum absolute atomic E-state index is 12.5. The lowest BCUT2D eigenvalue weighted by molar-refractivity contribution is 0.315. The Morgan fingerprint density at radius 3 is 2.67 bits per heavy atom. The maximum atomic E-state index is 12.5. The van der Waals surface area contributed by atoms with Crippen molar-refractivity contribution < 1.29 is 13.0 Å². The third kappa shape index (κ3) is 2.63. The van der Waals surface area contributed by atoms with Crippen molar-refractivity contribution in [1.29, 1.82) is 0 Å². The number of nitrogens with one attached hydrogen (secondary N) is 1. The summed E-state index contributed by atoms with van der Waals surface area (Å²) < 4.78 is 32.2. The van der Waals surface area contributed by atoms with E-state index in [1.165, 1.54) is 6.07 Å². The van der Waals surface area contributed by atoms with Gasteiger partial charge in [0.1, 0.15) is 10.4 Å². The molecule has 0 amide bonds.